The van der Waals surface area contributed by atoms with E-state index in [2.05, 4.69) is 67.5 Å². The van der Waals surface area contributed by atoms with Gasteiger partial charge in [0, 0.05) is 23.1 Å². The van der Waals surface area contributed by atoms with E-state index in [0.717, 1.165) is 16.0 Å². The zero-order valence-corrected chi connectivity index (χ0v) is 15.7. The van der Waals surface area contributed by atoms with E-state index in [-0.39, 0.29) is 15.8 Å². The van der Waals surface area contributed by atoms with Crippen molar-refractivity contribution < 1.29 is 9.84 Å². The first kappa shape index (κ1) is 18.4. The van der Waals surface area contributed by atoms with Crippen molar-refractivity contribution in [1.29, 1.82) is 0 Å². The van der Waals surface area contributed by atoms with Crippen LogP contribution in [0.15, 0.2) is 17.0 Å². The van der Waals surface area contributed by atoms with Crippen LogP contribution >= 0.6 is 11.8 Å². The number of phenols is 1. The number of benzene rings is 1. The third-order valence-electron chi connectivity index (χ3n) is 3.55. The molecule has 1 aromatic carbocycles. The fraction of sp³-hybridized carbons (Fsp3) is 0.667. The van der Waals surface area contributed by atoms with Gasteiger partial charge in [-0.2, -0.15) is 0 Å². The third-order valence-corrected chi connectivity index (χ3v) is 4.68. The molecule has 1 aromatic rings. The molecule has 0 saturated heterocycles. The maximum absolute atomic E-state index is 10.7. The van der Waals surface area contributed by atoms with Gasteiger partial charge in [-0.3, -0.25) is 0 Å². The van der Waals surface area contributed by atoms with Gasteiger partial charge in [0.25, 0.3) is 0 Å². The average Bonchev–Trinajstić information content (AvgIpc) is 2.28. The fourth-order valence-electron chi connectivity index (χ4n) is 2.14. The monoisotopic (exact) mass is 310 g/mol. The van der Waals surface area contributed by atoms with E-state index in [1.54, 1.807) is 18.9 Å². The Morgan fingerprint density at radius 1 is 0.857 bits per heavy atom. The molecule has 0 radical (unpaired) electrons. The van der Waals surface area contributed by atoms with Crippen LogP contribution in [0.1, 0.15) is 66.5 Å². The Morgan fingerprint density at radius 2 is 1.24 bits per heavy atom. The van der Waals surface area contributed by atoms with Gasteiger partial charge in [0.2, 0.25) is 0 Å². The van der Waals surface area contributed by atoms with Crippen LogP contribution in [-0.4, -0.2) is 17.1 Å². The summed E-state index contributed by atoms with van der Waals surface area (Å²) in [6, 6.07) is 4.19. The van der Waals surface area contributed by atoms with Gasteiger partial charge >= 0.3 is 0 Å². The van der Waals surface area contributed by atoms with Gasteiger partial charge < -0.3 is 9.84 Å². The molecule has 0 bridgehead atoms. The predicted molar refractivity (Wildman–Crippen MR) is 92.5 cm³/mol. The third kappa shape index (κ3) is 4.65. The highest BCUT2D eigenvalue weighted by Crippen LogP contribution is 2.44. The summed E-state index contributed by atoms with van der Waals surface area (Å²) < 4.78 is 5.52. The summed E-state index contributed by atoms with van der Waals surface area (Å²) in [6.07, 6.45) is 0. The molecule has 0 spiro atoms. The Balaban J connectivity index is 3.48. The van der Waals surface area contributed by atoms with Gasteiger partial charge in [-0.1, -0.05) is 53.3 Å². The molecule has 0 aliphatic carbocycles. The van der Waals surface area contributed by atoms with Gasteiger partial charge in [-0.15, -0.1) is 0 Å². The average molecular weight is 311 g/mol. The van der Waals surface area contributed by atoms with E-state index >= 15 is 0 Å². The molecular formula is C18H30O2S. The highest BCUT2D eigenvalue weighted by atomic mass is 32.2. The second-order valence-corrected chi connectivity index (χ2v) is 9.73. The highest BCUT2D eigenvalue weighted by Gasteiger charge is 2.28. The van der Waals surface area contributed by atoms with Crippen LogP contribution in [0.2, 0.25) is 0 Å². The first-order valence-electron chi connectivity index (χ1n) is 7.40. The van der Waals surface area contributed by atoms with Crippen LogP contribution < -0.4 is 0 Å². The Labute approximate surface area is 134 Å². The molecule has 0 aliphatic rings. The van der Waals surface area contributed by atoms with Crippen molar-refractivity contribution >= 4 is 11.8 Å². The Kier molecular flexibility index (Phi) is 5.12. The number of hydrogen-bond acceptors (Lipinski definition) is 3. The molecule has 0 aromatic heterocycles. The van der Waals surface area contributed by atoms with E-state index < -0.39 is 0 Å². The van der Waals surface area contributed by atoms with Crippen molar-refractivity contribution in [2.45, 2.75) is 76.0 Å². The SMILES string of the molecule is COC(C)(C)Sc1cc(C(C)(C)C)c(O)c(C(C)(C)C)c1. The van der Waals surface area contributed by atoms with Crippen molar-refractivity contribution in [3.63, 3.8) is 0 Å². The zero-order chi connectivity index (χ0) is 16.6. The van der Waals surface area contributed by atoms with Crippen LogP contribution in [0, 0.1) is 0 Å². The van der Waals surface area contributed by atoms with Crippen molar-refractivity contribution in [2.24, 2.45) is 0 Å². The molecule has 2 nitrogen and oxygen atoms in total. The number of thioether (sulfide) groups is 1. The Bertz CT molecular complexity index is 470. The number of methoxy groups -OCH3 is 1. The molecular weight excluding hydrogens is 280 g/mol. The van der Waals surface area contributed by atoms with Crippen LogP contribution in [0.4, 0.5) is 0 Å². The summed E-state index contributed by atoms with van der Waals surface area (Å²) in [5.74, 6) is 0.426. The minimum Gasteiger partial charge on any atom is -0.507 e. The van der Waals surface area contributed by atoms with Crippen LogP contribution in [0.25, 0.3) is 0 Å². The number of phenolic OH excluding ortho intramolecular Hbond substituents is 1. The van der Waals surface area contributed by atoms with Gasteiger partial charge in [-0.25, -0.2) is 0 Å². The molecule has 0 atom stereocenters. The summed E-state index contributed by atoms with van der Waals surface area (Å²) >= 11 is 1.68. The number of ether oxygens (including phenoxy) is 1. The van der Waals surface area contributed by atoms with E-state index in [1.165, 1.54) is 0 Å². The van der Waals surface area contributed by atoms with Crippen molar-refractivity contribution in [2.75, 3.05) is 7.11 Å². The summed E-state index contributed by atoms with van der Waals surface area (Å²) in [4.78, 5) is 0.843. The van der Waals surface area contributed by atoms with E-state index in [1.807, 2.05) is 0 Å². The zero-order valence-electron chi connectivity index (χ0n) is 14.9. The first-order chi connectivity index (χ1) is 9.28. The molecule has 0 amide bonds. The number of aromatic hydroxyl groups is 1. The van der Waals surface area contributed by atoms with Crippen molar-refractivity contribution in [3.8, 4) is 5.75 Å². The van der Waals surface area contributed by atoms with Crippen LogP contribution in [0.3, 0.4) is 0 Å². The molecule has 21 heavy (non-hydrogen) atoms. The minimum atomic E-state index is -0.290. The lowest BCUT2D eigenvalue weighted by atomic mass is 9.79. The molecule has 1 N–H and O–H groups in total. The maximum Gasteiger partial charge on any atom is 0.123 e. The molecule has 0 saturated carbocycles. The number of hydrogen-bond donors (Lipinski definition) is 1. The predicted octanol–water partition coefficient (Wildman–Crippen LogP) is 5.46. The minimum absolute atomic E-state index is 0.0993. The van der Waals surface area contributed by atoms with Crippen molar-refractivity contribution in [3.05, 3.63) is 23.3 Å². The van der Waals surface area contributed by atoms with Crippen LogP contribution in [0.5, 0.6) is 5.75 Å². The fourth-order valence-corrected chi connectivity index (χ4v) is 3.14. The lowest BCUT2D eigenvalue weighted by molar-refractivity contribution is 0.103. The maximum atomic E-state index is 10.7. The summed E-state index contributed by atoms with van der Waals surface area (Å²) in [7, 11) is 1.72. The second-order valence-electron chi connectivity index (χ2n) is 8.07. The molecule has 0 fully saturated rings. The van der Waals surface area contributed by atoms with E-state index in [9.17, 15) is 5.11 Å². The lowest BCUT2D eigenvalue weighted by Crippen LogP contribution is -2.19. The first-order valence-corrected chi connectivity index (χ1v) is 8.22. The largest absolute Gasteiger partial charge is 0.507 e. The van der Waals surface area contributed by atoms with E-state index in [4.69, 9.17) is 4.74 Å². The number of rotatable bonds is 3. The lowest BCUT2D eigenvalue weighted by Gasteiger charge is -2.30. The molecule has 0 unspecified atom stereocenters. The Hall–Kier alpha value is -0.670. The molecule has 0 aliphatic heterocycles. The van der Waals surface area contributed by atoms with Gasteiger partial charge in [-0.05, 0) is 36.8 Å². The highest BCUT2D eigenvalue weighted by molar-refractivity contribution is 8.00. The van der Waals surface area contributed by atoms with E-state index in [0.29, 0.717) is 5.75 Å². The second kappa shape index (κ2) is 5.85. The topological polar surface area (TPSA) is 29.5 Å². The quantitative estimate of drug-likeness (QED) is 0.593. The molecule has 1 rings (SSSR count). The normalized spacial score (nSPS) is 13.6. The van der Waals surface area contributed by atoms with Gasteiger partial charge in [0.05, 0.1) is 0 Å². The molecule has 3 heteroatoms. The van der Waals surface area contributed by atoms with Crippen LogP contribution in [-0.2, 0) is 15.6 Å². The molecule has 0 heterocycles. The summed E-state index contributed by atoms with van der Waals surface area (Å²) in [6.45, 7) is 16.9. The molecule has 120 valence electrons. The van der Waals surface area contributed by atoms with Gasteiger partial charge in [0.15, 0.2) is 0 Å². The van der Waals surface area contributed by atoms with Crippen molar-refractivity contribution in [1.82, 2.24) is 0 Å². The summed E-state index contributed by atoms with van der Waals surface area (Å²) in [5.41, 5.74) is 1.78. The smallest absolute Gasteiger partial charge is 0.123 e. The summed E-state index contributed by atoms with van der Waals surface area (Å²) in [5, 5.41) is 10.7. The van der Waals surface area contributed by atoms with Gasteiger partial charge in [0.1, 0.15) is 10.7 Å². The standard InChI is InChI=1S/C18H30O2S/c1-16(2,3)13-10-12(21-18(7,8)20-9)11-14(15(13)19)17(4,5)6/h10-11,19H,1-9H3. The Morgan fingerprint density at radius 3 is 1.52 bits per heavy atom.